The van der Waals surface area contributed by atoms with Crippen LogP contribution in [0.2, 0.25) is 0 Å². The van der Waals surface area contributed by atoms with Gasteiger partial charge in [-0.05, 0) is 39.8 Å². The number of amides is 1. The van der Waals surface area contributed by atoms with Crippen molar-refractivity contribution in [3.05, 3.63) is 40.7 Å². The summed E-state index contributed by atoms with van der Waals surface area (Å²) in [4.78, 5) is 12.7. The number of nitrogens with zero attached hydrogens (tertiary/aromatic N) is 1. The Morgan fingerprint density at radius 2 is 1.58 bits per heavy atom. The van der Waals surface area contributed by atoms with Gasteiger partial charge in [-0.15, -0.1) is 0 Å². The van der Waals surface area contributed by atoms with Crippen LogP contribution in [0.4, 0.5) is 0 Å². The molecule has 0 fully saturated rings. The normalized spacial score (nSPS) is 10.8. The van der Waals surface area contributed by atoms with Crippen LogP contribution in [0, 0.1) is 13.8 Å². The second-order valence-electron chi connectivity index (χ2n) is 6.45. The fourth-order valence-corrected chi connectivity index (χ4v) is 3.30. The predicted octanol–water partition coefficient (Wildman–Crippen LogP) is 3.64. The molecule has 1 aromatic heterocycles. The number of methoxy groups -OCH3 is 3. The molecule has 0 spiro atoms. The molecule has 1 heterocycles. The zero-order chi connectivity index (χ0) is 19.4. The number of carbonyl (C=O) groups is 1. The van der Waals surface area contributed by atoms with Crippen LogP contribution < -0.4 is 19.5 Å². The molecule has 1 aromatic carbocycles. The van der Waals surface area contributed by atoms with Gasteiger partial charge in [-0.2, -0.15) is 0 Å². The summed E-state index contributed by atoms with van der Waals surface area (Å²) in [5.74, 6) is 1.70. The summed E-state index contributed by atoms with van der Waals surface area (Å²) < 4.78 is 18.2. The van der Waals surface area contributed by atoms with Crippen LogP contribution in [0.25, 0.3) is 0 Å². The third-order valence-electron chi connectivity index (χ3n) is 4.47. The number of nitrogens with one attached hydrogen (secondary N) is 1. The number of aromatic nitrogens is 1. The fourth-order valence-electron chi connectivity index (χ4n) is 3.30. The molecule has 1 N–H and O–H groups in total. The van der Waals surface area contributed by atoms with Crippen LogP contribution >= 0.6 is 0 Å². The first-order chi connectivity index (χ1) is 12.3. The average molecular weight is 360 g/mol. The Morgan fingerprint density at radius 1 is 1.00 bits per heavy atom. The molecule has 142 valence electrons. The molecule has 2 rings (SSSR count). The average Bonchev–Trinajstić information content (AvgIpc) is 2.93. The van der Waals surface area contributed by atoms with Crippen molar-refractivity contribution < 1.29 is 19.0 Å². The molecule has 1 amide bonds. The van der Waals surface area contributed by atoms with Crippen molar-refractivity contribution in [2.75, 3.05) is 21.3 Å². The van der Waals surface area contributed by atoms with Gasteiger partial charge in [0.2, 0.25) is 0 Å². The van der Waals surface area contributed by atoms with E-state index in [1.807, 2.05) is 26.0 Å². The first-order valence-corrected chi connectivity index (χ1v) is 8.59. The predicted molar refractivity (Wildman–Crippen MR) is 102 cm³/mol. The van der Waals surface area contributed by atoms with Crippen LogP contribution in [0.3, 0.4) is 0 Å². The van der Waals surface area contributed by atoms with Gasteiger partial charge in [-0.1, -0.05) is 0 Å². The molecule has 26 heavy (non-hydrogen) atoms. The van der Waals surface area contributed by atoms with E-state index in [1.165, 1.54) is 0 Å². The summed E-state index contributed by atoms with van der Waals surface area (Å²) in [7, 11) is 4.74. The summed E-state index contributed by atoms with van der Waals surface area (Å²) in [5.41, 5.74) is 3.55. The number of carbonyl (C=O) groups excluding carboxylic acids is 1. The minimum atomic E-state index is -0.109. The molecule has 0 radical (unpaired) electrons. The molecule has 6 nitrogen and oxygen atoms in total. The van der Waals surface area contributed by atoms with E-state index < -0.39 is 0 Å². The van der Waals surface area contributed by atoms with E-state index in [0.29, 0.717) is 35.4 Å². The SMILES string of the molecule is COc1cc(OC)c(OC)cc1CNC(=O)c1cc(C)n(C(C)C)c1C. The largest absolute Gasteiger partial charge is 0.496 e. The Kier molecular flexibility index (Phi) is 6.18. The molecule has 0 bridgehead atoms. The van der Waals surface area contributed by atoms with Gasteiger partial charge in [-0.25, -0.2) is 0 Å². The summed E-state index contributed by atoms with van der Waals surface area (Å²) in [6.45, 7) is 8.53. The maximum Gasteiger partial charge on any atom is 0.253 e. The first kappa shape index (κ1) is 19.7. The third kappa shape index (κ3) is 3.79. The van der Waals surface area contributed by atoms with Crippen LogP contribution in [0.1, 0.15) is 47.2 Å². The summed E-state index contributed by atoms with van der Waals surface area (Å²) >= 11 is 0. The molecule has 0 saturated carbocycles. The van der Waals surface area contributed by atoms with Gasteiger partial charge in [-0.3, -0.25) is 4.79 Å². The Balaban J connectivity index is 2.23. The van der Waals surface area contributed by atoms with Gasteiger partial charge in [0, 0.05) is 35.6 Å². The lowest BCUT2D eigenvalue weighted by Gasteiger charge is -2.15. The lowest BCUT2D eigenvalue weighted by Crippen LogP contribution is -2.23. The maximum absolute atomic E-state index is 12.7. The molecule has 0 aliphatic heterocycles. The lowest BCUT2D eigenvalue weighted by molar-refractivity contribution is 0.0950. The highest BCUT2D eigenvalue weighted by atomic mass is 16.5. The quantitative estimate of drug-likeness (QED) is 0.819. The minimum absolute atomic E-state index is 0.109. The molecular formula is C20H28N2O4. The molecule has 0 unspecified atom stereocenters. The van der Waals surface area contributed by atoms with E-state index in [0.717, 1.165) is 17.0 Å². The smallest absolute Gasteiger partial charge is 0.253 e. The van der Waals surface area contributed by atoms with Crippen LogP contribution in [-0.2, 0) is 6.54 Å². The zero-order valence-electron chi connectivity index (χ0n) is 16.6. The second kappa shape index (κ2) is 8.17. The lowest BCUT2D eigenvalue weighted by atomic mass is 10.1. The molecule has 2 aromatic rings. The van der Waals surface area contributed by atoms with E-state index in [-0.39, 0.29) is 5.91 Å². The van der Waals surface area contributed by atoms with Crippen molar-refractivity contribution in [1.82, 2.24) is 9.88 Å². The Morgan fingerprint density at radius 3 is 2.08 bits per heavy atom. The topological polar surface area (TPSA) is 61.7 Å². The van der Waals surface area contributed by atoms with Crippen molar-refractivity contribution in [2.45, 2.75) is 40.3 Å². The minimum Gasteiger partial charge on any atom is -0.496 e. The first-order valence-electron chi connectivity index (χ1n) is 8.59. The summed E-state index contributed by atoms with van der Waals surface area (Å²) in [5, 5.41) is 2.97. The molecule has 0 aliphatic rings. The second-order valence-corrected chi connectivity index (χ2v) is 6.45. The van der Waals surface area contributed by atoms with Crippen molar-refractivity contribution in [1.29, 1.82) is 0 Å². The van der Waals surface area contributed by atoms with Crippen LogP contribution in [0.5, 0.6) is 17.2 Å². The van der Waals surface area contributed by atoms with Gasteiger partial charge in [0.1, 0.15) is 5.75 Å². The maximum atomic E-state index is 12.7. The van der Waals surface area contributed by atoms with Gasteiger partial charge in [0.25, 0.3) is 5.91 Å². The van der Waals surface area contributed by atoms with E-state index in [4.69, 9.17) is 14.2 Å². The molecule has 0 aliphatic carbocycles. The van der Waals surface area contributed by atoms with Gasteiger partial charge in [0.05, 0.1) is 26.9 Å². The van der Waals surface area contributed by atoms with E-state index in [9.17, 15) is 4.79 Å². The van der Waals surface area contributed by atoms with Crippen molar-refractivity contribution in [3.8, 4) is 17.2 Å². The van der Waals surface area contributed by atoms with Gasteiger partial charge < -0.3 is 24.1 Å². The Bertz CT molecular complexity index is 794. The van der Waals surface area contributed by atoms with E-state index >= 15 is 0 Å². The Labute approximate surface area is 155 Å². The van der Waals surface area contributed by atoms with Gasteiger partial charge >= 0.3 is 0 Å². The summed E-state index contributed by atoms with van der Waals surface area (Å²) in [6.07, 6.45) is 0. The van der Waals surface area contributed by atoms with Crippen LogP contribution in [-0.4, -0.2) is 31.8 Å². The molecule has 6 heteroatoms. The molecular weight excluding hydrogens is 332 g/mol. The van der Waals surface area contributed by atoms with E-state index in [1.54, 1.807) is 27.4 Å². The highest BCUT2D eigenvalue weighted by Crippen LogP contribution is 2.34. The number of rotatable bonds is 7. The van der Waals surface area contributed by atoms with Crippen LogP contribution in [0.15, 0.2) is 18.2 Å². The van der Waals surface area contributed by atoms with E-state index in [2.05, 4.69) is 23.7 Å². The van der Waals surface area contributed by atoms with Crippen molar-refractivity contribution in [2.24, 2.45) is 0 Å². The van der Waals surface area contributed by atoms with Gasteiger partial charge in [0.15, 0.2) is 11.5 Å². The fraction of sp³-hybridized carbons (Fsp3) is 0.450. The third-order valence-corrected chi connectivity index (χ3v) is 4.47. The number of benzene rings is 1. The highest BCUT2D eigenvalue weighted by molar-refractivity contribution is 5.95. The number of ether oxygens (including phenoxy) is 3. The monoisotopic (exact) mass is 360 g/mol. The van der Waals surface area contributed by atoms with Crippen molar-refractivity contribution >= 4 is 5.91 Å². The van der Waals surface area contributed by atoms with Crippen molar-refractivity contribution in [3.63, 3.8) is 0 Å². The Hall–Kier alpha value is -2.63. The zero-order valence-corrected chi connectivity index (χ0v) is 16.6. The number of hydrogen-bond acceptors (Lipinski definition) is 4. The highest BCUT2D eigenvalue weighted by Gasteiger charge is 2.18. The number of hydrogen-bond donors (Lipinski definition) is 1. The number of aryl methyl sites for hydroxylation is 1. The molecule has 0 saturated heterocycles. The standard InChI is InChI=1S/C20H28N2O4/c1-12(2)22-13(3)8-16(14(22)4)20(23)21-11-15-9-18(25-6)19(26-7)10-17(15)24-5/h8-10,12H,11H2,1-7H3,(H,21,23). The summed E-state index contributed by atoms with van der Waals surface area (Å²) in [6, 6.07) is 5.80. The molecule has 0 atom stereocenters.